The Morgan fingerprint density at radius 1 is 1.20 bits per heavy atom. The Bertz CT molecular complexity index is 359. The van der Waals surface area contributed by atoms with Crippen LogP contribution < -0.4 is 5.73 Å². The third kappa shape index (κ3) is 3.95. The molecule has 0 aliphatic carbocycles. The highest BCUT2D eigenvalue weighted by molar-refractivity contribution is 5.23. The van der Waals surface area contributed by atoms with Crippen molar-refractivity contribution in [3.63, 3.8) is 0 Å². The molecule has 3 N–H and O–H groups in total. The SMILES string of the molecule is Cc1ccccc1C.NCc1ncc[nH]1. The zero-order valence-corrected chi connectivity index (χ0v) is 9.20. The van der Waals surface area contributed by atoms with E-state index in [0.29, 0.717) is 6.54 Å². The van der Waals surface area contributed by atoms with Gasteiger partial charge in [-0.2, -0.15) is 0 Å². The molecular formula is C12H17N3. The van der Waals surface area contributed by atoms with Crippen LogP contribution in [0.2, 0.25) is 0 Å². The summed E-state index contributed by atoms with van der Waals surface area (Å²) in [7, 11) is 0. The van der Waals surface area contributed by atoms with E-state index in [1.54, 1.807) is 12.4 Å². The number of hydrogen-bond acceptors (Lipinski definition) is 2. The highest BCUT2D eigenvalue weighted by Crippen LogP contribution is 2.02. The molecule has 3 heteroatoms. The number of aryl methyl sites for hydroxylation is 2. The minimum Gasteiger partial charge on any atom is -0.348 e. The predicted molar refractivity (Wildman–Crippen MR) is 62.4 cm³/mol. The molecule has 15 heavy (non-hydrogen) atoms. The van der Waals surface area contributed by atoms with Gasteiger partial charge in [-0.1, -0.05) is 24.3 Å². The molecule has 0 radical (unpaired) electrons. The molecule has 0 bridgehead atoms. The molecule has 0 atom stereocenters. The highest BCUT2D eigenvalue weighted by atomic mass is 14.9. The van der Waals surface area contributed by atoms with Gasteiger partial charge in [0.15, 0.2) is 0 Å². The van der Waals surface area contributed by atoms with E-state index in [0.717, 1.165) is 5.82 Å². The van der Waals surface area contributed by atoms with Gasteiger partial charge in [0.25, 0.3) is 0 Å². The van der Waals surface area contributed by atoms with Crippen molar-refractivity contribution in [3.05, 3.63) is 53.6 Å². The summed E-state index contributed by atoms with van der Waals surface area (Å²) in [6.07, 6.45) is 3.43. The molecule has 1 heterocycles. The molecule has 2 rings (SSSR count). The maximum absolute atomic E-state index is 5.20. The van der Waals surface area contributed by atoms with Crippen LogP contribution in [0.5, 0.6) is 0 Å². The van der Waals surface area contributed by atoms with Crippen LogP contribution in [0.25, 0.3) is 0 Å². The van der Waals surface area contributed by atoms with Gasteiger partial charge in [-0.05, 0) is 25.0 Å². The van der Waals surface area contributed by atoms with Crippen molar-refractivity contribution in [2.24, 2.45) is 5.73 Å². The molecule has 0 fully saturated rings. The van der Waals surface area contributed by atoms with Crippen LogP contribution in [0.15, 0.2) is 36.7 Å². The van der Waals surface area contributed by atoms with Gasteiger partial charge in [0.1, 0.15) is 5.82 Å². The van der Waals surface area contributed by atoms with Crippen LogP contribution in [0.1, 0.15) is 17.0 Å². The van der Waals surface area contributed by atoms with Crippen molar-refractivity contribution < 1.29 is 0 Å². The van der Waals surface area contributed by atoms with Gasteiger partial charge < -0.3 is 10.7 Å². The topological polar surface area (TPSA) is 54.7 Å². The summed E-state index contributed by atoms with van der Waals surface area (Å²) in [5, 5.41) is 0. The van der Waals surface area contributed by atoms with Crippen molar-refractivity contribution in [2.45, 2.75) is 20.4 Å². The molecular weight excluding hydrogens is 186 g/mol. The second kappa shape index (κ2) is 5.98. The third-order valence-electron chi connectivity index (χ3n) is 2.17. The normalized spacial score (nSPS) is 9.27. The fourth-order valence-corrected chi connectivity index (χ4v) is 1.07. The first-order valence-electron chi connectivity index (χ1n) is 4.94. The van der Waals surface area contributed by atoms with Crippen LogP contribution in [0.4, 0.5) is 0 Å². The fourth-order valence-electron chi connectivity index (χ4n) is 1.07. The van der Waals surface area contributed by atoms with Crippen molar-refractivity contribution >= 4 is 0 Å². The van der Waals surface area contributed by atoms with E-state index in [4.69, 9.17) is 5.73 Å². The Hall–Kier alpha value is -1.61. The van der Waals surface area contributed by atoms with E-state index < -0.39 is 0 Å². The molecule has 0 aliphatic heterocycles. The molecule has 0 amide bonds. The number of imidazole rings is 1. The lowest BCUT2D eigenvalue weighted by atomic mass is 10.1. The molecule has 0 saturated heterocycles. The third-order valence-corrected chi connectivity index (χ3v) is 2.17. The molecule has 80 valence electrons. The fraction of sp³-hybridized carbons (Fsp3) is 0.250. The number of hydrogen-bond donors (Lipinski definition) is 2. The maximum Gasteiger partial charge on any atom is 0.119 e. The molecule has 2 aromatic rings. The minimum absolute atomic E-state index is 0.493. The Balaban J connectivity index is 0.000000151. The van der Waals surface area contributed by atoms with E-state index in [1.165, 1.54) is 11.1 Å². The Morgan fingerprint density at radius 3 is 2.07 bits per heavy atom. The quantitative estimate of drug-likeness (QED) is 0.746. The molecule has 3 nitrogen and oxygen atoms in total. The molecule has 0 aliphatic rings. The van der Waals surface area contributed by atoms with Gasteiger partial charge in [0, 0.05) is 12.4 Å². The average molecular weight is 203 g/mol. The monoisotopic (exact) mass is 203 g/mol. The molecule has 1 aromatic heterocycles. The zero-order chi connectivity index (χ0) is 11.1. The van der Waals surface area contributed by atoms with Gasteiger partial charge in [-0.25, -0.2) is 4.98 Å². The average Bonchev–Trinajstić information content (AvgIpc) is 2.76. The van der Waals surface area contributed by atoms with Crippen LogP contribution in [-0.2, 0) is 6.54 Å². The summed E-state index contributed by atoms with van der Waals surface area (Å²) in [4.78, 5) is 6.70. The predicted octanol–water partition coefficient (Wildman–Crippen LogP) is 2.17. The van der Waals surface area contributed by atoms with Crippen LogP contribution >= 0.6 is 0 Å². The maximum atomic E-state index is 5.20. The Labute approximate surface area is 90.4 Å². The largest absolute Gasteiger partial charge is 0.348 e. The summed E-state index contributed by atoms with van der Waals surface area (Å²) >= 11 is 0. The second-order valence-electron chi connectivity index (χ2n) is 3.32. The van der Waals surface area contributed by atoms with Gasteiger partial charge in [-0.15, -0.1) is 0 Å². The number of rotatable bonds is 1. The first kappa shape index (κ1) is 11.5. The van der Waals surface area contributed by atoms with Crippen LogP contribution in [0.3, 0.4) is 0 Å². The standard InChI is InChI=1S/C8H10.C4H7N3/c1-7-5-3-4-6-8(7)2;5-3-4-6-1-2-7-4/h3-6H,1-2H3;1-2H,3,5H2,(H,6,7). The number of nitrogens with one attached hydrogen (secondary N) is 1. The zero-order valence-electron chi connectivity index (χ0n) is 9.20. The number of H-pyrrole nitrogens is 1. The summed E-state index contributed by atoms with van der Waals surface area (Å²) in [6, 6.07) is 8.36. The van der Waals surface area contributed by atoms with Gasteiger partial charge in [0.05, 0.1) is 6.54 Å². The van der Waals surface area contributed by atoms with E-state index >= 15 is 0 Å². The Morgan fingerprint density at radius 2 is 1.80 bits per heavy atom. The summed E-state index contributed by atoms with van der Waals surface area (Å²) < 4.78 is 0. The van der Waals surface area contributed by atoms with Crippen molar-refractivity contribution in [2.75, 3.05) is 0 Å². The van der Waals surface area contributed by atoms with E-state index in [1.807, 2.05) is 0 Å². The summed E-state index contributed by atoms with van der Waals surface area (Å²) in [6.45, 7) is 4.73. The van der Waals surface area contributed by atoms with Crippen LogP contribution in [0, 0.1) is 13.8 Å². The van der Waals surface area contributed by atoms with Gasteiger partial charge in [0.2, 0.25) is 0 Å². The van der Waals surface area contributed by atoms with Gasteiger partial charge >= 0.3 is 0 Å². The highest BCUT2D eigenvalue weighted by Gasteiger charge is 1.84. The smallest absolute Gasteiger partial charge is 0.119 e. The molecule has 0 saturated carbocycles. The van der Waals surface area contributed by atoms with Gasteiger partial charge in [-0.3, -0.25) is 0 Å². The van der Waals surface area contributed by atoms with E-state index in [-0.39, 0.29) is 0 Å². The van der Waals surface area contributed by atoms with Crippen LogP contribution in [-0.4, -0.2) is 9.97 Å². The second-order valence-corrected chi connectivity index (χ2v) is 3.32. The first-order chi connectivity index (χ1) is 7.24. The molecule has 0 spiro atoms. The number of aromatic nitrogens is 2. The van der Waals surface area contributed by atoms with E-state index in [2.05, 4.69) is 48.1 Å². The lowest BCUT2D eigenvalue weighted by molar-refractivity contribution is 0.950. The van der Waals surface area contributed by atoms with Crippen molar-refractivity contribution in [1.29, 1.82) is 0 Å². The van der Waals surface area contributed by atoms with Crippen molar-refractivity contribution in [1.82, 2.24) is 9.97 Å². The first-order valence-corrected chi connectivity index (χ1v) is 4.94. The molecule has 0 unspecified atom stereocenters. The summed E-state index contributed by atoms with van der Waals surface area (Å²) in [5.74, 6) is 0.833. The number of nitrogens with zero attached hydrogens (tertiary/aromatic N) is 1. The lowest BCUT2D eigenvalue weighted by Gasteiger charge is -1.93. The number of benzene rings is 1. The molecule has 1 aromatic carbocycles. The lowest BCUT2D eigenvalue weighted by Crippen LogP contribution is -1.97. The number of aromatic amines is 1. The van der Waals surface area contributed by atoms with Crippen molar-refractivity contribution in [3.8, 4) is 0 Å². The van der Waals surface area contributed by atoms with E-state index in [9.17, 15) is 0 Å². The minimum atomic E-state index is 0.493. The number of nitrogens with two attached hydrogens (primary N) is 1. The summed E-state index contributed by atoms with van der Waals surface area (Å²) in [5.41, 5.74) is 7.94. The Kier molecular flexibility index (Phi) is 4.57.